The summed E-state index contributed by atoms with van der Waals surface area (Å²) in [4.78, 5) is 24.7. The van der Waals surface area contributed by atoms with Gasteiger partial charge in [-0.05, 0) is 6.07 Å². The first-order valence-corrected chi connectivity index (χ1v) is 5.02. The third kappa shape index (κ3) is 2.65. The van der Waals surface area contributed by atoms with Crippen molar-refractivity contribution in [1.82, 2.24) is 14.8 Å². The molecule has 0 aliphatic heterocycles. The third-order valence-electron chi connectivity index (χ3n) is 2.18. The fourth-order valence-electron chi connectivity index (χ4n) is 1.35. The van der Waals surface area contributed by atoms with E-state index in [2.05, 4.69) is 10.1 Å². The number of carbonyl (C=O) groups is 1. The second-order valence-electron chi connectivity index (χ2n) is 3.55. The summed E-state index contributed by atoms with van der Waals surface area (Å²) >= 11 is 0. The number of non-ortho nitro benzene ring substituents is 1. The van der Waals surface area contributed by atoms with Gasteiger partial charge in [-0.1, -0.05) is 0 Å². The molecule has 98 valence electrons. The topological polar surface area (TPSA) is 120 Å². The number of ether oxygens (including phenoxy) is 1. The van der Waals surface area contributed by atoms with Gasteiger partial charge in [-0.15, -0.1) is 5.10 Å². The van der Waals surface area contributed by atoms with Gasteiger partial charge >= 0.3 is 12.0 Å². The van der Waals surface area contributed by atoms with E-state index in [0.717, 1.165) is 12.1 Å². The van der Waals surface area contributed by atoms with E-state index >= 15 is 0 Å². The van der Waals surface area contributed by atoms with Gasteiger partial charge in [0.1, 0.15) is 17.6 Å². The zero-order valence-corrected chi connectivity index (χ0v) is 9.68. The van der Waals surface area contributed by atoms with Gasteiger partial charge in [0.05, 0.1) is 4.92 Å². The number of hydrogen-bond acceptors (Lipinski definition) is 6. The van der Waals surface area contributed by atoms with Gasteiger partial charge in [0, 0.05) is 19.2 Å². The Labute approximate surface area is 106 Å². The van der Waals surface area contributed by atoms with Gasteiger partial charge in [0.25, 0.3) is 5.69 Å². The minimum absolute atomic E-state index is 0.0427. The molecular weight excluding hydrogens is 256 g/mol. The van der Waals surface area contributed by atoms with E-state index < -0.39 is 10.9 Å². The lowest BCUT2D eigenvalue weighted by Crippen LogP contribution is -2.02. The summed E-state index contributed by atoms with van der Waals surface area (Å²) in [5.41, 5.74) is -0.666. The smallest absolute Gasteiger partial charge is 0.341 e. The van der Waals surface area contributed by atoms with Gasteiger partial charge in [0.15, 0.2) is 0 Å². The Hall–Kier alpha value is -2.97. The number of benzene rings is 1. The van der Waals surface area contributed by atoms with Crippen LogP contribution >= 0.6 is 0 Å². The van der Waals surface area contributed by atoms with Gasteiger partial charge in [-0.2, -0.15) is 4.98 Å². The summed E-state index contributed by atoms with van der Waals surface area (Å²) in [5.74, 6) is -1.40. The molecule has 0 unspecified atom stereocenters. The van der Waals surface area contributed by atoms with Crippen molar-refractivity contribution in [2.75, 3.05) is 0 Å². The molecule has 19 heavy (non-hydrogen) atoms. The van der Waals surface area contributed by atoms with Crippen molar-refractivity contribution in [1.29, 1.82) is 0 Å². The number of hydrogen-bond donors (Lipinski definition) is 1. The van der Waals surface area contributed by atoms with Crippen molar-refractivity contribution in [2.45, 2.75) is 0 Å². The highest BCUT2D eigenvalue weighted by atomic mass is 16.6. The summed E-state index contributed by atoms with van der Waals surface area (Å²) in [6, 6.07) is 3.21. The van der Waals surface area contributed by atoms with Crippen molar-refractivity contribution in [3.8, 4) is 11.8 Å². The molecular formula is C10H8N4O5. The Morgan fingerprint density at radius 3 is 2.79 bits per heavy atom. The summed E-state index contributed by atoms with van der Waals surface area (Å²) in [6.07, 6.45) is 1.38. The van der Waals surface area contributed by atoms with Crippen LogP contribution in [0.4, 0.5) is 5.69 Å². The van der Waals surface area contributed by atoms with Crippen molar-refractivity contribution in [2.24, 2.45) is 7.05 Å². The number of rotatable bonds is 4. The van der Waals surface area contributed by atoms with Crippen molar-refractivity contribution < 1.29 is 19.6 Å². The molecule has 0 radical (unpaired) electrons. The van der Waals surface area contributed by atoms with Crippen LogP contribution in [0, 0.1) is 10.1 Å². The molecule has 0 fully saturated rings. The molecule has 0 atom stereocenters. The molecule has 1 heterocycles. The summed E-state index contributed by atoms with van der Waals surface area (Å²) in [5, 5.41) is 23.4. The van der Waals surface area contributed by atoms with Crippen LogP contribution < -0.4 is 4.74 Å². The van der Waals surface area contributed by atoms with E-state index in [-0.39, 0.29) is 23.0 Å². The highest BCUT2D eigenvalue weighted by Crippen LogP contribution is 2.27. The number of nitro benzene ring substituents is 1. The molecule has 9 nitrogen and oxygen atoms in total. The zero-order chi connectivity index (χ0) is 14.0. The van der Waals surface area contributed by atoms with Crippen LogP contribution in [0.25, 0.3) is 0 Å². The molecule has 0 bridgehead atoms. The molecule has 1 N–H and O–H groups in total. The molecule has 1 aromatic carbocycles. The Morgan fingerprint density at radius 2 is 2.26 bits per heavy atom. The van der Waals surface area contributed by atoms with E-state index in [4.69, 9.17) is 9.84 Å². The van der Waals surface area contributed by atoms with Crippen molar-refractivity contribution >= 4 is 11.7 Å². The fraction of sp³-hybridized carbons (Fsp3) is 0.100. The highest BCUT2D eigenvalue weighted by Gasteiger charge is 2.18. The quantitative estimate of drug-likeness (QED) is 0.650. The maximum atomic E-state index is 11.0. The molecule has 1 aromatic heterocycles. The molecule has 0 aliphatic rings. The van der Waals surface area contributed by atoms with Crippen LogP contribution in [0.1, 0.15) is 10.4 Å². The molecule has 2 rings (SSSR count). The number of nitrogens with zero attached hydrogens (tertiary/aromatic N) is 4. The number of aryl methyl sites for hydroxylation is 1. The maximum absolute atomic E-state index is 11.0. The lowest BCUT2D eigenvalue weighted by atomic mass is 10.2. The first-order chi connectivity index (χ1) is 8.97. The van der Waals surface area contributed by atoms with Crippen LogP contribution in [0.15, 0.2) is 24.5 Å². The Balaban J connectivity index is 2.39. The molecule has 0 spiro atoms. The van der Waals surface area contributed by atoms with Crippen LogP contribution in [-0.4, -0.2) is 30.8 Å². The second-order valence-corrected chi connectivity index (χ2v) is 3.55. The van der Waals surface area contributed by atoms with Crippen LogP contribution in [0.2, 0.25) is 0 Å². The van der Waals surface area contributed by atoms with Crippen LogP contribution in [0.3, 0.4) is 0 Å². The molecule has 9 heteroatoms. The first-order valence-electron chi connectivity index (χ1n) is 5.02. The zero-order valence-electron chi connectivity index (χ0n) is 9.68. The summed E-state index contributed by atoms with van der Waals surface area (Å²) < 4.78 is 6.56. The average Bonchev–Trinajstić information content (AvgIpc) is 2.74. The highest BCUT2D eigenvalue weighted by molar-refractivity contribution is 5.91. The van der Waals surface area contributed by atoms with E-state index in [1.807, 2.05) is 0 Å². The number of nitro groups is 1. The summed E-state index contributed by atoms with van der Waals surface area (Å²) in [7, 11) is 1.62. The summed E-state index contributed by atoms with van der Waals surface area (Å²) in [6.45, 7) is 0. The van der Waals surface area contributed by atoms with E-state index in [1.165, 1.54) is 17.1 Å². The van der Waals surface area contributed by atoms with Gasteiger partial charge < -0.3 is 9.84 Å². The number of aromatic carboxylic acids is 1. The maximum Gasteiger partial charge on any atom is 0.341 e. The average molecular weight is 264 g/mol. The van der Waals surface area contributed by atoms with Gasteiger partial charge in [0.2, 0.25) is 0 Å². The predicted molar refractivity (Wildman–Crippen MR) is 61.1 cm³/mol. The molecule has 0 amide bonds. The molecule has 0 saturated heterocycles. The standard InChI is InChI=1S/C10H8N4O5/c1-13-5-11-10(12-13)19-8-3-2-6(14(17)18)4-7(8)9(15)16/h2-5H,1H3,(H,15,16). The lowest BCUT2D eigenvalue weighted by Gasteiger charge is -2.04. The number of carboxylic acids is 1. The monoisotopic (exact) mass is 264 g/mol. The normalized spacial score (nSPS) is 10.2. The largest absolute Gasteiger partial charge is 0.478 e. The molecule has 0 aliphatic carbocycles. The Bertz CT molecular complexity index is 651. The second kappa shape index (κ2) is 4.72. The number of aromatic nitrogens is 3. The van der Waals surface area contributed by atoms with Gasteiger partial charge in [-0.3, -0.25) is 14.8 Å². The van der Waals surface area contributed by atoms with Crippen molar-refractivity contribution in [3.63, 3.8) is 0 Å². The SMILES string of the molecule is Cn1cnc(Oc2ccc([N+](=O)[O-])cc2C(=O)O)n1. The van der Waals surface area contributed by atoms with Gasteiger partial charge in [-0.25, -0.2) is 4.79 Å². The first kappa shape index (κ1) is 12.5. The molecule has 2 aromatic rings. The third-order valence-corrected chi connectivity index (χ3v) is 2.18. The lowest BCUT2D eigenvalue weighted by molar-refractivity contribution is -0.384. The fourth-order valence-corrected chi connectivity index (χ4v) is 1.35. The van der Waals surface area contributed by atoms with E-state index in [1.54, 1.807) is 7.05 Å². The Kier molecular flexibility index (Phi) is 3.10. The van der Waals surface area contributed by atoms with Crippen LogP contribution in [0.5, 0.6) is 11.8 Å². The Morgan fingerprint density at radius 1 is 1.53 bits per heavy atom. The van der Waals surface area contributed by atoms with Crippen LogP contribution in [-0.2, 0) is 7.05 Å². The molecule has 0 saturated carbocycles. The van der Waals surface area contributed by atoms with E-state index in [9.17, 15) is 14.9 Å². The predicted octanol–water partition coefficient (Wildman–Crippen LogP) is 1.21. The minimum Gasteiger partial charge on any atom is -0.478 e. The number of carboxylic acid groups (broad SMARTS) is 1. The van der Waals surface area contributed by atoms with E-state index in [0.29, 0.717) is 0 Å². The minimum atomic E-state index is -1.34. The van der Waals surface area contributed by atoms with Crippen molar-refractivity contribution in [3.05, 3.63) is 40.2 Å².